The molecule has 8 nitrogen and oxygen atoms in total. The number of carbonyl (C=O) groups is 1. The highest BCUT2D eigenvalue weighted by molar-refractivity contribution is 5.68. The summed E-state index contributed by atoms with van der Waals surface area (Å²) in [5.74, 6) is 0. The van der Waals surface area contributed by atoms with Gasteiger partial charge in [0.2, 0.25) is 0 Å². The lowest BCUT2D eigenvalue weighted by atomic mass is 10.1. The van der Waals surface area contributed by atoms with Crippen LogP contribution in [0, 0.1) is 0 Å². The summed E-state index contributed by atoms with van der Waals surface area (Å²) in [6, 6.07) is 0. The SMILES string of the molecule is CC(C)(C)OC(=O)N1CC[N+](Cc2n[nH]c3c2CCC3)(Cc2n[nH]c3c2CCC3)CC1.[Cl-]. The van der Waals surface area contributed by atoms with Gasteiger partial charge in [-0.3, -0.25) is 15.1 Å². The Morgan fingerprint density at radius 2 is 1.44 bits per heavy atom. The molecule has 1 saturated heterocycles. The van der Waals surface area contributed by atoms with E-state index in [9.17, 15) is 4.79 Å². The second-order valence-corrected chi connectivity index (χ2v) is 10.5. The molecule has 9 heteroatoms. The van der Waals surface area contributed by atoms with Crippen LogP contribution < -0.4 is 12.4 Å². The maximum absolute atomic E-state index is 12.6. The van der Waals surface area contributed by atoms with Crippen LogP contribution in [0.2, 0.25) is 0 Å². The second kappa shape index (κ2) is 8.71. The van der Waals surface area contributed by atoms with Crippen molar-refractivity contribution in [3.05, 3.63) is 33.9 Å². The van der Waals surface area contributed by atoms with Gasteiger partial charge in [-0.15, -0.1) is 0 Å². The van der Waals surface area contributed by atoms with Crippen LogP contribution in [0.4, 0.5) is 4.79 Å². The van der Waals surface area contributed by atoms with Crippen LogP contribution in [0.5, 0.6) is 0 Å². The van der Waals surface area contributed by atoms with Gasteiger partial charge in [0, 0.05) is 22.5 Å². The van der Waals surface area contributed by atoms with Crippen LogP contribution in [0.25, 0.3) is 0 Å². The van der Waals surface area contributed by atoms with E-state index in [4.69, 9.17) is 14.9 Å². The second-order valence-electron chi connectivity index (χ2n) is 10.5. The summed E-state index contributed by atoms with van der Waals surface area (Å²) in [6.07, 6.45) is 6.72. The van der Waals surface area contributed by atoms with Gasteiger partial charge >= 0.3 is 6.09 Å². The summed E-state index contributed by atoms with van der Waals surface area (Å²) in [7, 11) is 0. The highest BCUT2D eigenvalue weighted by atomic mass is 35.5. The number of carbonyl (C=O) groups excluding carboxylic acids is 1. The summed E-state index contributed by atoms with van der Waals surface area (Å²) >= 11 is 0. The van der Waals surface area contributed by atoms with Crippen molar-refractivity contribution in [1.82, 2.24) is 25.3 Å². The fourth-order valence-electron chi connectivity index (χ4n) is 5.44. The predicted molar refractivity (Wildman–Crippen MR) is 116 cm³/mol. The van der Waals surface area contributed by atoms with Crippen molar-refractivity contribution in [2.75, 3.05) is 26.2 Å². The third kappa shape index (κ3) is 4.53. The van der Waals surface area contributed by atoms with E-state index in [0.29, 0.717) is 13.1 Å². The lowest BCUT2D eigenvalue weighted by molar-refractivity contribution is -0.957. The number of nitrogens with one attached hydrogen (secondary N) is 2. The molecule has 32 heavy (non-hydrogen) atoms. The van der Waals surface area contributed by atoms with Crippen LogP contribution >= 0.6 is 0 Å². The van der Waals surface area contributed by atoms with Crippen LogP contribution in [-0.4, -0.2) is 67.7 Å². The third-order valence-electron chi connectivity index (χ3n) is 7.09. The molecule has 176 valence electrons. The number of hydrogen-bond acceptors (Lipinski definition) is 4. The first-order valence-corrected chi connectivity index (χ1v) is 11.7. The van der Waals surface area contributed by atoms with Gasteiger partial charge in [0.25, 0.3) is 0 Å². The Morgan fingerprint density at radius 3 is 1.91 bits per heavy atom. The number of fused-ring (bicyclic) bond motifs is 2. The smallest absolute Gasteiger partial charge is 0.410 e. The van der Waals surface area contributed by atoms with Crippen molar-refractivity contribution in [1.29, 1.82) is 0 Å². The van der Waals surface area contributed by atoms with E-state index in [1.807, 2.05) is 25.7 Å². The van der Waals surface area contributed by atoms with Crippen LogP contribution in [0.1, 0.15) is 67.5 Å². The van der Waals surface area contributed by atoms with E-state index in [0.717, 1.165) is 56.3 Å². The maximum Gasteiger partial charge on any atom is 0.410 e. The van der Waals surface area contributed by atoms with Crippen molar-refractivity contribution in [3.63, 3.8) is 0 Å². The molecule has 0 spiro atoms. The molecule has 1 fully saturated rings. The molecular weight excluding hydrogens is 428 g/mol. The molecular formula is C23H35ClN6O2. The first kappa shape index (κ1) is 23.1. The van der Waals surface area contributed by atoms with Crippen molar-refractivity contribution in [2.24, 2.45) is 0 Å². The van der Waals surface area contributed by atoms with Crippen molar-refractivity contribution >= 4 is 6.09 Å². The third-order valence-corrected chi connectivity index (χ3v) is 7.09. The minimum absolute atomic E-state index is 0. The Morgan fingerprint density at radius 1 is 0.938 bits per heavy atom. The molecule has 1 aliphatic heterocycles. The number of halogens is 1. The van der Waals surface area contributed by atoms with Crippen LogP contribution in [0.3, 0.4) is 0 Å². The minimum Gasteiger partial charge on any atom is -1.00 e. The standard InChI is InChI=1S/C23H35N6O2.ClH/c1-23(2,3)31-22(30)28-10-12-29(13-11-28,14-20-16-6-4-8-18(16)24-26-20)15-21-17-7-5-9-19(17)25-27-21;/h4-15H2,1-3H3,(H,24,26)(H,25,27);1H/q+1;/p-1. The molecule has 0 aromatic carbocycles. The molecule has 2 aliphatic carbocycles. The molecule has 0 atom stereocenters. The Balaban J connectivity index is 0.00000245. The number of rotatable bonds is 4. The predicted octanol–water partition coefficient (Wildman–Crippen LogP) is -0.118. The number of aromatic nitrogens is 4. The normalized spacial score (nSPS) is 19.4. The van der Waals surface area contributed by atoms with Gasteiger partial charge in [0.15, 0.2) is 0 Å². The van der Waals surface area contributed by atoms with Gasteiger partial charge in [0.05, 0.1) is 26.2 Å². The molecule has 5 rings (SSSR count). The number of amides is 1. The topological polar surface area (TPSA) is 86.9 Å². The van der Waals surface area contributed by atoms with Crippen molar-refractivity contribution in [3.8, 4) is 0 Å². The van der Waals surface area contributed by atoms with Gasteiger partial charge in [-0.1, -0.05) is 0 Å². The monoisotopic (exact) mass is 462 g/mol. The van der Waals surface area contributed by atoms with Crippen molar-refractivity contribution in [2.45, 2.75) is 78.0 Å². The quantitative estimate of drug-likeness (QED) is 0.620. The maximum atomic E-state index is 12.6. The lowest BCUT2D eigenvalue weighted by Gasteiger charge is -2.44. The largest absolute Gasteiger partial charge is 1.00 e. The fraction of sp³-hybridized carbons (Fsp3) is 0.696. The number of ether oxygens (including phenoxy) is 1. The minimum atomic E-state index is -0.467. The zero-order chi connectivity index (χ0) is 21.6. The highest BCUT2D eigenvalue weighted by Gasteiger charge is 2.39. The Bertz CT molecular complexity index is 912. The number of H-pyrrole nitrogens is 2. The first-order chi connectivity index (χ1) is 14.8. The van der Waals surface area contributed by atoms with E-state index in [1.54, 1.807) is 0 Å². The van der Waals surface area contributed by atoms with Crippen LogP contribution in [-0.2, 0) is 43.5 Å². The van der Waals surface area contributed by atoms with Gasteiger partial charge in [-0.2, -0.15) is 10.2 Å². The molecule has 0 bridgehead atoms. The molecule has 2 aromatic heterocycles. The summed E-state index contributed by atoms with van der Waals surface area (Å²) in [6.45, 7) is 10.8. The number of piperazine rings is 1. The zero-order valence-electron chi connectivity index (χ0n) is 19.5. The summed E-state index contributed by atoms with van der Waals surface area (Å²) < 4.78 is 6.52. The van der Waals surface area contributed by atoms with Gasteiger partial charge < -0.3 is 21.6 Å². The molecule has 0 unspecified atom stereocenters. The summed E-state index contributed by atoms with van der Waals surface area (Å²) in [5.41, 5.74) is 7.46. The molecule has 3 heterocycles. The highest BCUT2D eigenvalue weighted by Crippen LogP contribution is 2.31. The van der Waals surface area contributed by atoms with Gasteiger partial charge in [0.1, 0.15) is 30.1 Å². The molecule has 0 radical (unpaired) electrons. The molecule has 2 aromatic rings. The van der Waals surface area contributed by atoms with E-state index >= 15 is 0 Å². The molecule has 2 N–H and O–H groups in total. The number of aryl methyl sites for hydroxylation is 2. The van der Waals surface area contributed by atoms with Crippen LogP contribution in [0.15, 0.2) is 0 Å². The first-order valence-electron chi connectivity index (χ1n) is 11.7. The number of aromatic amines is 2. The van der Waals surface area contributed by atoms with E-state index in [-0.39, 0.29) is 18.5 Å². The summed E-state index contributed by atoms with van der Waals surface area (Å²) in [4.78, 5) is 14.5. The van der Waals surface area contributed by atoms with E-state index < -0.39 is 5.60 Å². The number of hydrogen-bond donors (Lipinski definition) is 2. The number of nitrogens with zero attached hydrogens (tertiary/aromatic N) is 4. The molecule has 3 aliphatic rings. The Labute approximate surface area is 196 Å². The van der Waals surface area contributed by atoms with E-state index in [1.165, 1.54) is 46.7 Å². The average molecular weight is 463 g/mol. The average Bonchev–Trinajstić information content (AvgIpc) is 3.46. The lowest BCUT2D eigenvalue weighted by Crippen LogP contribution is -3.00. The fourth-order valence-corrected chi connectivity index (χ4v) is 5.44. The van der Waals surface area contributed by atoms with E-state index in [2.05, 4.69) is 10.2 Å². The zero-order valence-corrected chi connectivity index (χ0v) is 20.2. The van der Waals surface area contributed by atoms with Gasteiger partial charge in [-0.25, -0.2) is 4.79 Å². The summed E-state index contributed by atoms with van der Waals surface area (Å²) in [5, 5.41) is 16.0. The Hall–Kier alpha value is -2.06. The van der Waals surface area contributed by atoms with Gasteiger partial charge in [-0.05, 0) is 59.3 Å². The number of quaternary nitrogens is 1. The van der Waals surface area contributed by atoms with Crippen molar-refractivity contribution < 1.29 is 26.4 Å². The molecule has 1 amide bonds. The molecule has 0 saturated carbocycles. The Kier molecular flexibility index (Phi) is 6.29.